The highest BCUT2D eigenvalue weighted by Crippen LogP contribution is 2.24. The van der Waals surface area contributed by atoms with E-state index in [-0.39, 0.29) is 5.69 Å². The Kier molecular flexibility index (Phi) is 3.29. The lowest BCUT2D eigenvalue weighted by atomic mass is 9.97. The zero-order chi connectivity index (χ0) is 11.4. The van der Waals surface area contributed by atoms with Crippen LogP contribution in [0.15, 0.2) is 18.5 Å². The molecule has 0 aliphatic heterocycles. The highest BCUT2D eigenvalue weighted by atomic mass is 16.5. The number of hydrogen-bond acceptors (Lipinski definition) is 4. The van der Waals surface area contributed by atoms with Gasteiger partial charge in [0.25, 0.3) is 0 Å². The predicted molar refractivity (Wildman–Crippen MR) is 59.8 cm³/mol. The van der Waals surface area contributed by atoms with Gasteiger partial charge in [-0.2, -0.15) is 0 Å². The van der Waals surface area contributed by atoms with Gasteiger partial charge in [-0.05, 0) is 31.3 Å². The van der Waals surface area contributed by atoms with Crippen LogP contribution in [0.1, 0.15) is 41.9 Å². The lowest BCUT2D eigenvalue weighted by Crippen LogP contribution is -2.06. The average Bonchev–Trinajstić information content (AvgIpc) is 2.39. The number of ether oxygens (including phenoxy) is 1. The lowest BCUT2D eigenvalue weighted by molar-refractivity contribution is 0.0593. The molecular formula is C12H14N2O2. The van der Waals surface area contributed by atoms with Crippen molar-refractivity contribution in [3.63, 3.8) is 0 Å². The van der Waals surface area contributed by atoms with Gasteiger partial charge in [0.15, 0.2) is 5.69 Å². The Morgan fingerprint density at radius 1 is 1.31 bits per heavy atom. The summed E-state index contributed by atoms with van der Waals surface area (Å²) in [6.07, 6.45) is 9.91. The van der Waals surface area contributed by atoms with E-state index in [9.17, 15) is 4.79 Å². The Morgan fingerprint density at radius 2 is 2.19 bits per heavy atom. The number of carbonyl (C=O) groups is 1. The summed E-state index contributed by atoms with van der Waals surface area (Å²) in [5.74, 6) is -0.448. The maximum atomic E-state index is 11.2. The normalized spacial score (nSPS) is 15.4. The fourth-order valence-electron chi connectivity index (χ4n) is 1.77. The van der Waals surface area contributed by atoms with Gasteiger partial charge in [0, 0.05) is 0 Å². The summed E-state index contributed by atoms with van der Waals surface area (Å²) >= 11 is 0. The van der Waals surface area contributed by atoms with E-state index in [4.69, 9.17) is 0 Å². The molecule has 4 nitrogen and oxygen atoms in total. The van der Waals surface area contributed by atoms with E-state index in [0.29, 0.717) is 0 Å². The maximum absolute atomic E-state index is 11.2. The van der Waals surface area contributed by atoms with Gasteiger partial charge in [-0.3, -0.25) is 4.98 Å². The van der Waals surface area contributed by atoms with E-state index < -0.39 is 5.97 Å². The van der Waals surface area contributed by atoms with Crippen LogP contribution < -0.4 is 0 Å². The van der Waals surface area contributed by atoms with Gasteiger partial charge in [-0.25, -0.2) is 9.78 Å². The summed E-state index contributed by atoms with van der Waals surface area (Å²) in [5.41, 5.74) is 2.35. The van der Waals surface area contributed by atoms with Crippen LogP contribution in [-0.4, -0.2) is 23.0 Å². The highest BCUT2D eigenvalue weighted by Gasteiger charge is 2.10. The van der Waals surface area contributed by atoms with Crippen LogP contribution in [-0.2, 0) is 4.74 Å². The topological polar surface area (TPSA) is 52.1 Å². The van der Waals surface area contributed by atoms with E-state index in [1.807, 2.05) is 0 Å². The first-order valence-corrected chi connectivity index (χ1v) is 5.41. The van der Waals surface area contributed by atoms with Crippen molar-refractivity contribution in [2.24, 2.45) is 0 Å². The van der Waals surface area contributed by atoms with E-state index in [0.717, 1.165) is 18.5 Å². The van der Waals surface area contributed by atoms with Crippen molar-refractivity contribution in [2.45, 2.75) is 25.7 Å². The molecule has 16 heavy (non-hydrogen) atoms. The maximum Gasteiger partial charge on any atom is 0.358 e. The summed E-state index contributed by atoms with van der Waals surface area (Å²) < 4.78 is 4.57. The third-order valence-electron chi connectivity index (χ3n) is 2.67. The van der Waals surface area contributed by atoms with Crippen LogP contribution >= 0.6 is 0 Å². The Morgan fingerprint density at radius 3 is 2.75 bits per heavy atom. The van der Waals surface area contributed by atoms with Gasteiger partial charge in [0.2, 0.25) is 0 Å². The molecule has 1 aromatic heterocycles. The fourth-order valence-corrected chi connectivity index (χ4v) is 1.77. The van der Waals surface area contributed by atoms with Crippen molar-refractivity contribution in [3.8, 4) is 0 Å². The van der Waals surface area contributed by atoms with E-state index in [2.05, 4.69) is 20.8 Å². The van der Waals surface area contributed by atoms with Crippen molar-refractivity contribution in [1.29, 1.82) is 0 Å². The standard InChI is InChI=1S/C12H14N2O2/c1-16-12(15)11-8-13-10(7-14-11)9-5-3-2-4-6-9/h5,7-8H,2-4,6H2,1H3. The smallest absolute Gasteiger partial charge is 0.358 e. The predicted octanol–water partition coefficient (Wildman–Crippen LogP) is 2.22. The molecule has 84 valence electrons. The fraction of sp³-hybridized carbons (Fsp3) is 0.417. The van der Waals surface area contributed by atoms with Crippen molar-refractivity contribution < 1.29 is 9.53 Å². The number of allylic oxidation sites excluding steroid dienone is 2. The molecule has 1 aromatic rings. The van der Waals surface area contributed by atoms with Gasteiger partial charge in [0.1, 0.15) is 0 Å². The number of rotatable bonds is 2. The minimum Gasteiger partial charge on any atom is -0.464 e. The summed E-state index contributed by atoms with van der Waals surface area (Å²) in [4.78, 5) is 19.4. The second kappa shape index (κ2) is 4.88. The van der Waals surface area contributed by atoms with Crippen molar-refractivity contribution in [1.82, 2.24) is 9.97 Å². The third-order valence-corrected chi connectivity index (χ3v) is 2.67. The third kappa shape index (κ3) is 2.27. The van der Waals surface area contributed by atoms with Gasteiger partial charge in [0.05, 0.1) is 25.2 Å². The summed E-state index contributed by atoms with van der Waals surface area (Å²) in [7, 11) is 1.33. The number of methoxy groups -OCH3 is 1. The highest BCUT2D eigenvalue weighted by molar-refractivity contribution is 5.86. The van der Waals surface area contributed by atoms with E-state index >= 15 is 0 Å². The Hall–Kier alpha value is -1.71. The molecule has 0 atom stereocenters. The lowest BCUT2D eigenvalue weighted by Gasteiger charge is -2.11. The monoisotopic (exact) mass is 218 g/mol. The SMILES string of the molecule is COC(=O)c1cnc(C2=CCCCC2)cn1. The van der Waals surface area contributed by atoms with Gasteiger partial charge >= 0.3 is 5.97 Å². The summed E-state index contributed by atoms with van der Waals surface area (Å²) in [6.45, 7) is 0. The molecule has 2 rings (SSSR count). The van der Waals surface area contributed by atoms with Gasteiger partial charge in [-0.15, -0.1) is 0 Å². The van der Waals surface area contributed by atoms with Crippen LogP contribution in [0.25, 0.3) is 5.57 Å². The first-order valence-electron chi connectivity index (χ1n) is 5.41. The molecule has 0 amide bonds. The molecule has 1 aliphatic carbocycles. The quantitative estimate of drug-likeness (QED) is 0.714. The molecule has 0 saturated heterocycles. The molecule has 0 unspecified atom stereocenters. The molecule has 0 bridgehead atoms. The van der Waals surface area contributed by atoms with Gasteiger partial charge < -0.3 is 4.74 Å². The average molecular weight is 218 g/mol. The van der Waals surface area contributed by atoms with Gasteiger partial charge in [-0.1, -0.05) is 6.08 Å². The second-order valence-electron chi connectivity index (χ2n) is 3.75. The number of hydrogen-bond donors (Lipinski definition) is 0. The van der Waals surface area contributed by atoms with E-state index in [1.54, 1.807) is 6.20 Å². The second-order valence-corrected chi connectivity index (χ2v) is 3.75. The minimum atomic E-state index is -0.448. The van der Waals surface area contributed by atoms with Crippen molar-refractivity contribution in [3.05, 3.63) is 29.9 Å². The largest absolute Gasteiger partial charge is 0.464 e. The zero-order valence-electron chi connectivity index (χ0n) is 9.27. The molecular weight excluding hydrogens is 204 g/mol. The molecule has 0 spiro atoms. The van der Waals surface area contributed by atoms with Crippen LogP contribution in [0.5, 0.6) is 0 Å². The molecule has 1 aliphatic rings. The van der Waals surface area contributed by atoms with Crippen LogP contribution in [0.2, 0.25) is 0 Å². The Balaban J connectivity index is 2.18. The van der Waals surface area contributed by atoms with Crippen molar-refractivity contribution >= 4 is 11.5 Å². The Labute approximate surface area is 94.4 Å². The molecule has 4 heteroatoms. The molecule has 0 aromatic carbocycles. The van der Waals surface area contributed by atoms with E-state index in [1.165, 1.54) is 31.7 Å². The number of nitrogens with zero attached hydrogens (tertiary/aromatic N) is 2. The molecule has 0 fully saturated rings. The molecule has 0 saturated carbocycles. The number of aromatic nitrogens is 2. The molecule has 0 radical (unpaired) electrons. The minimum absolute atomic E-state index is 0.252. The van der Waals surface area contributed by atoms with Crippen LogP contribution in [0.3, 0.4) is 0 Å². The summed E-state index contributed by atoms with van der Waals surface area (Å²) in [5, 5.41) is 0. The Bertz CT molecular complexity index is 410. The van der Waals surface area contributed by atoms with Crippen molar-refractivity contribution in [2.75, 3.05) is 7.11 Å². The first-order chi connectivity index (χ1) is 7.81. The first kappa shape index (κ1) is 10.8. The molecule has 1 heterocycles. The number of carbonyl (C=O) groups excluding carboxylic acids is 1. The zero-order valence-corrected chi connectivity index (χ0v) is 9.27. The van der Waals surface area contributed by atoms with Crippen LogP contribution in [0.4, 0.5) is 0 Å². The molecule has 0 N–H and O–H groups in total. The number of esters is 1. The van der Waals surface area contributed by atoms with Crippen LogP contribution in [0, 0.1) is 0 Å². The summed E-state index contributed by atoms with van der Waals surface area (Å²) in [6, 6.07) is 0.